The molecular weight excluding hydrogens is 253 g/mol. The first-order valence-corrected chi connectivity index (χ1v) is 6.43. The molecule has 18 heavy (non-hydrogen) atoms. The lowest BCUT2D eigenvalue weighted by molar-refractivity contribution is -0.645. The van der Waals surface area contributed by atoms with Crippen molar-refractivity contribution in [3.63, 3.8) is 0 Å². The molecule has 0 amide bonds. The van der Waals surface area contributed by atoms with Crippen LogP contribution in [0.25, 0.3) is 0 Å². The van der Waals surface area contributed by atoms with E-state index in [-0.39, 0.29) is 5.82 Å². The third kappa shape index (κ3) is 3.63. The smallest absolute Gasteiger partial charge is 0.251 e. The molecule has 2 rings (SSSR count). The molecule has 0 fully saturated rings. The van der Waals surface area contributed by atoms with E-state index in [1.807, 2.05) is 6.07 Å². The lowest BCUT2D eigenvalue weighted by Gasteiger charge is -2.06. The molecule has 1 aromatic carbocycles. The third-order valence-corrected chi connectivity index (χ3v) is 3.19. The van der Waals surface area contributed by atoms with Gasteiger partial charge in [0, 0.05) is 17.9 Å². The van der Waals surface area contributed by atoms with Crippen molar-refractivity contribution in [1.82, 2.24) is 0 Å². The Balaban J connectivity index is 1.76. The summed E-state index contributed by atoms with van der Waals surface area (Å²) >= 11 is 1.42. The van der Waals surface area contributed by atoms with Crippen molar-refractivity contribution in [2.75, 3.05) is 12.4 Å². The monoisotopic (exact) mass is 265 g/mol. The molecule has 0 bridgehead atoms. The van der Waals surface area contributed by atoms with Gasteiger partial charge < -0.3 is 9.94 Å². The second kappa shape index (κ2) is 6.26. The molecule has 1 aromatic heterocycles. The summed E-state index contributed by atoms with van der Waals surface area (Å²) in [6, 6.07) is 11.1. The van der Waals surface area contributed by atoms with Crippen molar-refractivity contribution in [2.24, 2.45) is 0 Å². The van der Waals surface area contributed by atoms with E-state index in [9.17, 15) is 9.60 Å². The minimum Gasteiger partial charge on any atom is -0.618 e. The summed E-state index contributed by atoms with van der Waals surface area (Å²) in [6.07, 6.45) is 1.46. The van der Waals surface area contributed by atoms with Crippen molar-refractivity contribution < 1.29 is 13.9 Å². The summed E-state index contributed by atoms with van der Waals surface area (Å²) in [4.78, 5) is 0. The molecule has 5 heteroatoms. The van der Waals surface area contributed by atoms with E-state index >= 15 is 0 Å². The van der Waals surface area contributed by atoms with Crippen LogP contribution in [0.1, 0.15) is 0 Å². The van der Waals surface area contributed by atoms with Crippen LogP contribution in [0.2, 0.25) is 0 Å². The lowest BCUT2D eigenvalue weighted by Crippen LogP contribution is -2.27. The molecule has 0 unspecified atom stereocenters. The number of hydrogen-bond donors (Lipinski definition) is 0. The van der Waals surface area contributed by atoms with Crippen LogP contribution in [0.3, 0.4) is 0 Å². The van der Waals surface area contributed by atoms with Crippen molar-refractivity contribution in [3.05, 3.63) is 59.7 Å². The lowest BCUT2D eigenvalue weighted by atomic mass is 10.3. The van der Waals surface area contributed by atoms with Gasteiger partial charge in [-0.1, -0.05) is 11.8 Å². The highest BCUT2D eigenvalue weighted by molar-refractivity contribution is 7.99. The van der Waals surface area contributed by atoms with E-state index in [0.717, 1.165) is 4.73 Å². The molecule has 0 atom stereocenters. The summed E-state index contributed by atoms with van der Waals surface area (Å²) in [5, 5.41) is 12.0. The molecule has 94 valence electrons. The van der Waals surface area contributed by atoms with Crippen LogP contribution in [0.5, 0.6) is 5.75 Å². The quantitative estimate of drug-likeness (QED) is 0.361. The Hall–Kier alpha value is -1.75. The number of ether oxygens (including phenoxy) is 1. The van der Waals surface area contributed by atoms with Crippen LogP contribution in [0, 0.1) is 11.0 Å². The van der Waals surface area contributed by atoms with Crippen LogP contribution in [0.15, 0.2) is 53.7 Å². The molecule has 0 saturated carbocycles. The highest BCUT2D eigenvalue weighted by Crippen LogP contribution is 2.14. The summed E-state index contributed by atoms with van der Waals surface area (Å²) < 4.78 is 18.9. The third-order valence-electron chi connectivity index (χ3n) is 2.20. The van der Waals surface area contributed by atoms with Crippen LogP contribution < -0.4 is 9.47 Å². The van der Waals surface area contributed by atoms with Crippen molar-refractivity contribution in [3.8, 4) is 5.75 Å². The zero-order valence-corrected chi connectivity index (χ0v) is 10.4. The molecule has 0 spiro atoms. The molecule has 0 radical (unpaired) electrons. The number of pyridine rings is 1. The van der Waals surface area contributed by atoms with Gasteiger partial charge in [0.05, 0.1) is 6.61 Å². The highest BCUT2D eigenvalue weighted by atomic mass is 32.2. The van der Waals surface area contributed by atoms with Crippen molar-refractivity contribution in [1.29, 1.82) is 0 Å². The first kappa shape index (κ1) is 12.7. The molecule has 3 nitrogen and oxygen atoms in total. The number of benzene rings is 1. The predicted octanol–water partition coefficient (Wildman–Crippen LogP) is 2.63. The highest BCUT2D eigenvalue weighted by Gasteiger charge is 2.03. The van der Waals surface area contributed by atoms with Gasteiger partial charge in [0.2, 0.25) is 0 Å². The van der Waals surface area contributed by atoms with Gasteiger partial charge in [0.15, 0.2) is 6.20 Å². The Labute approximate surface area is 109 Å². The molecule has 0 saturated heterocycles. The average molecular weight is 265 g/mol. The minimum atomic E-state index is -0.284. The van der Waals surface area contributed by atoms with E-state index in [1.165, 1.54) is 30.1 Å². The number of thioether (sulfide) groups is 1. The molecule has 0 N–H and O–H groups in total. The maximum Gasteiger partial charge on any atom is 0.251 e. The summed E-state index contributed by atoms with van der Waals surface area (Å²) in [5.41, 5.74) is 0. The Morgan fingerprint density at radius 3 is 2.67 bits per heavy atom. The molecule has 0 aliphatic carbocycles. The number of nitrogens with zero attached hydrogens (tertiary/aromatic N) is 1. The van der Waals surface area contributed by atoms with Crippen LogP contribution in [-0.4, -0.2) is 12.4 Å². The first-order chi connectivity index (χ1) is 8.75. The van der Waals surface area contributed by atoms with Gasteiger partial charge in [-0.15, -0.1) is 0 Å². The fraction of sp³-hybridized carbons (Fsp3) is 0.154. The number of aromatic nitrogens is 1. The maximum absolute atomic E-state index is 12.6. The fourth-order valence-corrected chi connectivity index (χ4v) is 2.10. The van der Waals surface area contributed by atoms with Crippen LogP contribution in [-0.2, 0) is 0 Å². The Bertz CT molecular complexity index is 505. The van der Waals surface area contributed by atoms with Crippen LogP contribution in [0.4, 0.5) is 4.39 Å². The first-order valence-electron chi connectivity index (χ1n) is 5.45. The van der Waals surface area contributed by atoms with Gasteiger partial charge in [-0.2, -0.15) is 4.73 Å². The largest absolute Gasteiger partial charge is 0.618 e. The summed E-state index contributed by atoms with van der Waals surface area (Å²) in [6.45, 7) is 0.463. The molecule has 0 aliphatic rings. The van der Waals surface area contributed by atoms with Gasteiger partial charge >= 0.3 is 0 Å². The average Bonchev–Trinajstić information content (AvgIpc) is 2.39. The maximum atomic E-state index is 12.6. The van der Waals surface area contributed by atoms with E-state index < -0.39 is 0 Å². The SMILES string of the molecule is [O-][n+]1ccccc1SCCOc1ccc(F)cc1. The van der Waals surface area contributed by atoms with Crippen LogP contribution >= 0.6 is 11.8 Å². The molecular formula is C13H12FNO2S. The minimum absolute atomic E-state index is 0.284. The van der Waals surface area contributed by atoms with Gasteiger partial charge in [0.25, 0.3) is 5.03 Å². The summed E-state index contributed by atoms with van der Waals surface area (Å²) in [7, 11) is 0. The van der Waals surface area contributed by atoms with Gasteiger partial charge in [0.1, 0.15) is 11.6 Å². The Kier molecular flexibility index (Phi) is 4.41. The Morgan fingerprint density at radius 2 is 1.94 bits per heavy atom. The van der Waals surface area contributed by atoms with E-state index in [1.54, 1.807) is 24.3 Å². The fourth-order valence-electron chi connectivity index (χ4n) is 1.36. The zero-order valence-electron chi connectivity index (χ0n) is 9.58. The van der Waals surface area contributed by atoms with Gasteiger partial charge in [-0.05, 0) is 30.3 Å². The van der Waals surface area contributed by atoms with Crippen molar-refractivity contribution in [2.45, 2.75) is 5.03 Å². The van der Waals surface area contributed by atoms with E-state index in [2.05, 4.69) is 0 Å². The van der Waals surface area contributed by atoms with E-state index in [4.69, 9.17) is 4.74 Å². The number of rotatable bonds is 5. The number of hydrogen-bond acceptors (Lipinski definition) is 3. The van der Waals surface area contributed by atoms with Gasteiger partial charge in [-0.25, -0.2) is 4.39 Å². The van der Waals surface area contributed by atoms with Crippen molar-refractivity contribution >= 4 is 11.8 Å². The summed E-state index contributed by atoms with van der Waals surface area (Å²) in [5.74, 6) is 0.998. The van der Waals surface area contributed by atoms with Gasteiger partial charge in [-0.3, -0.25) is 0 Å². The topological polar surface area (TPSA) is 36.2 Å². The molecule has 0 aliphatic heterocycles. The van der Waals surface area contributed by atoms with E-state index in [0.29, 0.717) is 23.1 Å². The normalized spacial score (nSPS) is 10.3. The Morgan fingerprint density at radius 1 is 1.17 bits per heavy atom. The standard InChI is InChI=1S/C13H12FNO2S/c14-11-4-6-12(7-5-11)17-9-10-18-13-3-1-2-8-15(13)16/h1-8H,9-10H2. The second-order valence-corrected chi connectivity index (χ2v) is 4.63. The predicted molar refractivity (Wildman–Crippen MR) is 68.0 cm³/mol. The molecule has 1 heterocycles. The number of halogens is 1. The second-order valence-electron chi connectivity index (χ2n) is 3.52. The zero-order chi connectivity index (χ0) is 12.8. The molecule has 2 aromatic rings.